The second-order valence-electron chi connectivity index (χ2n) is 5.27. The maximum absolute atomic E-state index is 12.4. The number of fused-ring (bicyclic) bond motifs is 1. The van der Waals surface area contributed by atoms with Crippen LogP contribution in [0.4, 0.5) is 5.69 Å². The fraction of sp³-hybridized carbons (Fsp3) is 0.167. The van der Waals surface area contributed by atoms with Crippen LogP contribution in [0.2, 0.25) is 0 Å². The fourth-order valence-electron chi connectivity index (χ4n) is 2.40. The van der Waals surface area contributed by atoms with Crippen molar-refractivity contribution in [2.45, 2.75) is 13.8 Å². The van der Waals surface area contributed by atoms with Gasteiger partial charge in [-0.3, -0.25) is 4.79 Å². The number of anilines is 1. The first-order valence-corrected chi connectivity index (χ1v) is 6.94. The Morgan fingerprint density at radius 2 is 1.95 bits per heavy atom. The van der Waals surface area contributed by atoms with Gasteiger partial charge in [0.25, 0.3) is 5.91 Å². The molecule has 1 aliphatic heterocycles. The molecule has 3 rings (SSSR count). The number of hydrogen-bond acceptors (Lipinski definition) is 2. The minimum Gasteiger partial charge on any atom is -0.488 e. The molecule has 0 fully saturated rings. The molecule has 1 N–H and O–H groups in total. The summed E-state index contributed by atoms with van der Waals surface area (Å²) in [6, 6.07) is 13.7. The van der Waals surface area contributed by atoms with E-state index in [-0.39, 0.29) is 5.91 Å². The van der Waals surface area contributed by atoms with Crippen molar-refractivity contribution in [3.63, 3.8) is 0 Å². The number of benzene rings is 2. The van der Waals surface area contributed by atoms with E-state index in [0.29, 0.717) is 12.2 Å². The minimum atomic E-state index is -0.114. The van der Waals surface area contributed by atoms with Gasteiger partial charge < -0.3 is 10.1 Å². The molecule has 0 bridgehead atoms. The zero-order valence-electron chi connectivity index (χ0n) is 12.1. The Balaban J connectivity index is 1.82. The Morgan fingerprint density at radius 1 is 1.14 bits per heavy atom. The van der Waals surface area contributed by atoms with Gasteiger partial charge in [0.15, 0.2) is 0 Å². The van der Waals surface area contributed by atoms with Crippen LogP contribution in [0, 0.1) is 13.8 Å². The van der Waals surface area contributed by atoms with E-state index in [1.807, 2.05) is 56.3 Å². The lowest BCUT2D eigenvalue weighted by Gasteiger charge is -2.18. The first-order valence-electron chi connectivity index (χ1n) is 6.94. The number of aryl methyl sites for hydroxylation is 2. The molecule has 3 nitrogen and oxygen atoms in total. The van der Waals surface area contributed by atoms with Gasteiger partial charge in [0.2, 0.25) is 0 Å². The van der Waals surface area contributed by atoms with Gasteiger partial charge in [-0.2, -0.15) is 0 Å². The predicted octanol–water partition coefficient (Wildman–Crippen LogP) is 3.72. The SMILES string of the molecule is Cc1ccc(NC(=O)C2=Cc3ccccc3OC2)c(C)c1. The lowest BCUT2D eigenvalue weighted by atomic mass is 10.1. The van der Waals surface area contributed by atoms with Crippen LogP contribution in [-0.2, 0) is 4.79 Å². The molecule has 0 aromatic heterocycles. The smallest absolute Gasteiger partial charge is 0.255 e. The van der Waals surface area contributed by atoms with Crippen molar-refractivity contribution < 1.29 is 9.53 Å². The highest BCUT2D eigenvalue weighted by Crippen LogP contribution is 2.26. The molecular weight excluding hydrogens is 262 g/mol. The summed E-state index contributed by atoms with van der Waals surface area (Å²) in [5.41, 5.74) is 4.65. The van der Waals surface area contributed by atoms with Gasteiger partial charge in [0.05, 0.1) is 5.57 Å². The largest absolute Gasteiger partial charge is 0.488 e. The van der Waals surface area contributed by atoms with Crippen molar-refractivity contribution in [1.82, 2.24) is 0 Å². The maximum atomic E-state index is 12.4. The summed E-state index contributed by atoms with van der Waals surface area (Å²) in [5, 5.41) is 2.95. The van der Waals surface area contributed by atoms with E-state index in [0.717, 1.165) is 22.6 Å². The van der Waals surface area contributed by atoms with E-state index in [2.05, 4.69) is 11.4 Å². The lowest BCUT2D eigenvalue weighted by Crippen LogP contribution is -2.21. The molecule has 2 aromatic rings. The van der Waals surface area contributed by atoms with Crippen molar-refractivity contribution in [2.24, 2.45) is 0 Å². The molecule has 21 heavy (non-hydrogen) atoms. The van der Waals surface area contributed by atoms with Crippen LogP contribution in [0.25, 0.3) is 6.08 Å². The highest BCUT2D eigenvalue weighted by molar-refractivity contribution is 6.07. The number of hydrogen-bond donors (Lipinski definition) is 1. The Labute approximate surface area is 124 Å². The van der Waals surface area contributed by atoms with Crippen LogP contribution in [0.1, 0.15) is 16.7 Å². The Bertz CT molecular complexity index is 732. The standard InChI is InChI=1S/C18H17NO2/c1-12-7-8-16(13(2)9-12)19-18(20)15-10-14-5-3-4-6-17(14)21-11-15/h3-10H,11H2,1-2H3,(H,19,20). The second kappa shape index (κ2) is 5.44. The zero-order valence-corrected chi connectivity index (χ0v) is 12.1. The van der Waals surface area contributed by atoms with Crippen LogP contribution in [0.3, 0.4) is 0 Å². The predicted molar refractivity (Wildman–Crippen MR) is 84.5 cm³/mol. The van der Waals surface area contributed by atoms with Crippen molar-refractivity contribution >= 4 is 17.7 Å². The fourth-order valence-corrected chi connectivity index (χ4v) is 2.40. The molecule has 0 aliphatic carbocycles. The molecule has 0 spiro atoms. The molecule has 106 valence electrons. The van der Waals surface area contributed by atoms with E-state index in [4.69, 9.17) is 4.74 Å². The van der Waals surface area contributed by atoms with Gasteiger partial charge in [0.1, 0.15) is 12.4 Å². The maximum Gasteiger partial charge on any atom is 0.255 e. The third-order valence-corrected chi connectivity index (χ3v) is 3.55. The topological polar surface area (TPSA) is 38.3 Å². The van der Waals surface area contributed by atoms with Crippen LogP contribution >= 0.6 is 0 Å². The van der Waals surface area contributed by atoms with E-state index < -0.39 is 0 Å². The van der Waals surface area contributed by atoms with E-state index in [1.54, 1.807) is 0 Å². The summed E-state index contributed by atoms with van der Waals surface area (Å²) in [4.78, 5) is 12.4. The van der Waals surface area contributed by atoms with Crippen LogP contribution in [-0.4, -0.2) is 12.5 Å². The Kier molecular flexibility index (Phi) is 3.48. The van der Waals surface area contributed by atoms with Gasteiger partial charge in [-0.1, -0.05) is 35.9 Å². The van der Waals surface area contributed by atoms with Crippen molar-refractivity contribution in [2.75, 3.05) is 11.9 Å². The highest BCUT2D eigenvalue weighted by Gasteiger charge is 2.17. The van der Waals surface area contributed by atoms with Gasteiger partial charge in [-0.25, -0.2) is 0 Å². The first-order chi connectivity index (χ1) is 10.1. The van der Waals surface area contributed by atoms with Crippen LogP contribution in [0.15, 0.2) is 48.0 Å². The molecule has 0 saturated heterocycles. The molecular formula is C18H17NO2. The van der Waals surface area contributed by atoms with E-state index >= 15 is 0 Å². The number of carbonyl (C=O) groups is 1. The summed E-state index contributed by atoms with van der Waals surface area (Å²) in [6.45, 7) is 4.32. The third kappa shape index (κ3) is 2.82. The highest BCUT2D eigenvalue weighted by atomic mass is 16.5. The molecule has 3 heteroatoms. The van der Waals surface area contributed by atoms with Gasteiger partial charge in [0, 0.05) is 11.3 Å². The van der Waals surface area contributed by atoms with Gasteiger partial charge in [-0.15, -0.1) is 0 Å². The molecule has 0 atom stereocenters. The van der Waals surface area contributed by atoms with Gasteiger partial charge in [-0.05, 0) is 37.6 Å². The number of nitrogens with one attached hydrogen (secondary N) is 1. The molecule has 2 aromatic carbocycles. The summed E-state index contributed by atoms with van der Waals surface area (Å²) < 4.78 is 5.62. The number of amides is 1. The summed E-state index contributed by atoms with van der Waals surface area (Å²) >= 11 is 0. The van der Waals surface area contributed by atoms with Crippen molar-refractivity contribution in [1.29, 1.82) is 0 Å². The molecule has 1 aliphatic rings. The molecule has 1 amide bonds. The summed E-state index contributed by atoms with van der Waals surface area (Å²) in [5.74, 6) is 0.706. The van der Waals surface area contributed by atoms with Crippen molar-refractivity contribution in [3.05, 3.63) is 64.7 Å². The average molecular weight is 279 g/mol. The van der Waals surface area contributed by atoms with Crippen molar-refractivity contribution in [3.8, 4) is 5.75 Å². The quantitative estimate of drug-likeness (QED) is 0.910. The van der Waals surface area contributed by atoms with Gasteiger partial charge >= 0.3 is 0 Å². The van der Waals surface area contributed by atoms with E-state index in [9.17, 15) is 4.79 Å². The number of carbonyl (C=O) groups excluding carboxylic acids is 1. The molecule has 0 radical (unpaired) electrons. The molecule has 0 unspecified atom stereocenters. The third-order valence-electron chi connectivity index (χ3n) is 3.55. The summed E-state index contributed by atoms with van der Waals surface area (Å²) in [6.07, 6.45) is 1.89. The minimum absolute atomic E-state index is 0.114. The number of ether oxygens (including phenoxy) is 1. The van der Waals surface area contributed by atoms with Crippen LogP contribution < -0.4 is 10.1 Å². The molecule has 0 saturated carbocycles. The zero-order chi connectivity index (χ0) is 14.8. The lowest BCUT2D eigenvalue weighted by molar-refractivity contribution is -0.113. The van der Waals surface area contributed by atoms with E-state index in [1.165, 1.54) is 5.56 Å². The summed E-state index contributed by atoms with van der Waals surface area (Å²) in [7, 11) is 0. The Hall–Kier alpha value is -2.55. The average Bonchev–Trinajstić information content (AvgIpc) is 2.49. The van der Waals surface area contributed by atoms with Crippen LogP contribution in [0.5, 0.6) is 5.75 Å². The number of rotatable bonds is 2. The second-order valence-corrected chi connectivity index (χ2v) is 5.27. The normalized spacial score (nSPS) is 13.0. The number of para-hydroxylation sites is 1. The monoisotopic (exact) mass is 279 g/mol. The first kappa shape index (κ1) is 13.4. The molecule has 1 heterocycles. The Morgan fingerprint density at radius 3 is 2.76 bits per heavy atom.